The first-order chi connectivity index (χ1) is 9.42. The summed E-state index contributed by atoms with van der Waals surface area (Å²) >= 11 is 0. The predicted molar refractivity (Wildman–Crippen MR) is 82.2 cm³/mol. The topological polar surface area (TPSA) is 0 Å². The molecular formula is C18H14NaSi+. The van der Waals surface area contributed by atoms with Crippen LogP contribution in [0, 0.1) is 0 Å². The SMILES string of the molecule is C1=CC([Si]C2C=Cc3ccccc32)c2ccccc21.[Na+]. The summed E-state index contributed by atoms with van der Waals surface area (Å²) in [7, 11) is 0.900. The molecule has 2 unspecified atom stereocenters. The summed E-state index contributed by atoms with van der Waals surface area (Å²) < 4.78 is 0. The number of allylic oxidation sites excluding steroid dienone is 2. The van der Waals surface area contributed by atoms with Gasteiger partial charge in [-0.05, 0) is 33.3 Å². The number of rotatable bonds is 2. The van der Waals surface area contributed by atoms with Gasteiger partial charge in [-0.3, -0.25) is 0 Å². The van der Waals surface area contributed by atoms with Gasteiger partial charge in [-0.1, -0.05) is 72.8 Å². The molecule has 2 aliphatic carbocycles. The molecule has 2 radical (unpaired) electrons. The van der Waals surface area contributed by atoms with Crippen LogP contribution in [0.4, 0.5) is 0 Å². The summed E-state index contributed by atoms with van der Waals surface area (Å²) in [6, 6.07) is 17.5. The Morgan fingerprint density at radius 3 is 1.60 bits per heavy atom. The molecule has 20 heavy (non-hydrogen) atoms. The molecule has 0 saturated heterocycles. The van der Waals surface area contributed by atoms with Crippen LogP contribution < -0.4 is 29.6 Å². The average Bonchev–Trinajstić information content (AvgIpc) is 3.05. The molecule has 0 bridgehead atoms. The maximum atomic E-state index is 2.37. The molecule has 2 aliphatic rings. The number of benzene rings is 2. The van der Waals surface area contributed by atoms with Crippen molar-refractivity contribution in [2.24, 2.45) is 0 Å². The van der Waals surface area contributed by atoms with E-state index in [2.05, 4.69) is 72.8 Å². The Morgan fingerprint density at radius 2 is 1.10 bits per heavy atom. The molecule has 0 amide bonds. The standard InChI is InChI=1S/C18H14Si.Na/c1-3-7-15-13(5-1)9-11-17(15)19-18-12-10-14-6-2-4-8-16(14)18;/h1-12,17-18H;/q;+1. The summed E-state index contributed by atoms with van der Waals surface area (Å²) in [5.41, 5.74) is 6.98. The third-order valence-corrected chi connectivity index (χ3v) is 5.68. The van der Waals surface area contributed by atoms with E-state index in [1.807, 2.05) is 0 Å². The van der Waals surface area contributed by atoms with E-state index < -0.39 is 0 Å². The molecule has 0 nitrogen and oxygen atoms in total. The Bertz CT molecular complexity index is 628. The van der Waals surface area contributed by atoms with Crippen molar-refractivity contribution < 1.29 is 29.6 Å². The zero-order chi connectivity index (χ0) is 12.7. The molecular weight excluding hydrogens is 267 g/mol. The first-order valence-corrected chi connectivity index (χ1v) is 7.87. The molecule has 2 atom stereocenters. The van der Waals surface area contributed by atoms with Crippen LogP contribution in [0.15, 0.2) is 60.7 Å². The van der Waals surface area contributed by atoms with Gasteiger partial charge in [0.1, 0.15) is 0 Å². The van der Waals surface area contributed by atoms with Gasteiger partial charge in [-0.25, -0.2) is 0 Å². The van der Waals surface area contributed by atoms with Crippen LogP contribution >= 0.6 is 0 Å². The zero-order valence-electron chi connectivity index (χ0n) is 11.6. The van der Waals surface area contributed by atoms with Gasteiger partial charge in [0.25, 0.3) is 0 Å². The average molecular weight is 281 g/mol. The van der Waals surface area contributed by atoms with Crippen molar-refractivity contribution in [1.82, 2.24) is 0 Å². The van der Waals surface area contributed by atoms with Gasteiger partial charge >= 0.3 is 29.6 Å². The van der Waals surface area contributed by atoms with Crippen LogP contribution in [-0.2, 0) is 0 Å². The third kappa shape index (κ3) is 2.40. The first-order valence-electron chi connectivity index (χ1n) is 6.72. The van der Waals surface area contributed by atoms with Gasteiger partial charge in [-0.15, -0.1) is 0 Å². The minimum absolute atomic E-state index is 0. The van der Waals surface area contributed by atoms with Crippen molar-refractivity contribution in [3.05, 3.63) is 82.9 Å². The summed E-state index contributed by atoms with van der Waals surface area (Å²) in [6.45, 7) is 0. The van der Waals surface area contributed by atoms with E-state index in [0.29, 0.717) is 11.1 Å². The molecule has 2 aromatic rings. The normalized spacial score (nSPS) is 21.4. The summed E-state index contributed by atoms with van der Waals surface area (Å²) in [5.74, 6) is 0. The maximum absolute atomic E-state index is 2.37. The Balaban J connectivity index is 0.00000121. The van der Waals surface area contributed by atoms with E-state index in [1.54, 1.807) is 0 Å². The summed E-state index contributed by atoms with van der Waals surface area (Å²) in [4.78, 5) is 0. The van der Waals surface area contributed by atoms with Crippen LogP contribution in [0.1, 0.15) is 33.3 Å². The molecule has 0 aromatic heterocycles. The van der Waals surface area contributed by atoms with E-state index in [9.17, 15) is 0 Å². The molecule has 0 heterocycles. The van der Waals surface area contributed by atoms with Crippen LogP contribution in [0.3, 0.4) is 0 Å². The second-order valence-electron chi connectivity index (χ2n) is 5.10. The van der Waals surface area contributed by atoms with Crippen LogP contribution in [0.5, 0.6) is 0 Å². The van der Waals surface area contributed by atoms with Crippen molar-refractivity contribution >= 4 is 21.7 Å². The molecule has 0 N–H and O–H groups in total. The van der Waals surface area contributed by atoms with Crippen molar-refractivity contribution in [2.45, 2.75) is 11.1 Å². The molecule has 0 saturated carbocycles. The fraction of sp³-hybridized carbons (Fsp3) is 0.111. The second-order valence-corrected chi connectivity index (χ2v) is 6.68. The Morgan fingerprint density at radius 1 is 0.650 bits per heavy atom. The molecule has 90 valence electrons. The largest absolute Gasteiger partial charge is 1.00 e. The van der Waals surface area contributed by atoms with Crippen molar-refractivity contribution in [1.29, 1.82) is 0 Å². The Kier molecular flexibility index (Phi) is 4.13. The van der Waals surface area contributed by atoms with Crippen LogP contribution in [0.25, 0.3) is 12.2 Å². The molecule has 2 heteroatoms. The monoisotopic (exact) mass is 281 g/mol. The molecule has 4 rings (SSSR count). The first kappa shape index (κ1) is 14.1. The number of hydrogen-bond donors (Lipinski definition) is 0. The smallest absolute Gasteiger partial charge is 0.0796 e. The van der Waals surface area contributed by atoms with Gasteiger partial charge in [0.15, 0.2) is 0 Å². The van der Waals surface area contributed by atoms with Gasteiger partial charge in [0.2, 0.25) is 0 Å². The van der Waals surface area contributed by atoms with E-state index in [0.717, 1.165) is 9.52 Å². The number of hydrogen-bond acceptors (Lipinski definition) is 0. The fourth-order valence-electron chi connectivity index (χ4n) is 2.98. The minimum Gasteiger partial charge on any atom is -0.0796 e. The number of fused-ring (bicyclic) bond motifs is 2. The second kappa shape index (κ2) is 5.86. The Hall–Kier alpha value is -0.863. The molecule has 0 fully saturated rings. The predicted octanol–water partition coefficient (Wildman–Crippen LogP) is 1.23. The zero-order valence-corrected chi connectivity index (χ0v) is 14.6. The molecule has 0 aliphatic heterocycles. The van der Waals surface area contributed by atoms with E-state index >= 15 is 0 Å². The van der Waals surface area contributed by atoms with Gasteiger partial charge in [0, 0.05) is 0 Å². The van der Waals surface area contributed by atoms with Crippen molar-refractivity contribution in [3.63, 3.8) is 0 Å². The van der Waals surface area contributed by atoms with Crippen LogP contribution in [-0.4, -0.2) is 9.52 Å². The van der Waals surface area contributed by atoms with Crippen molar-refractivity contribution in [3.8, 4) is 0 Å². The Labute approximate surface area is 144 Å². The van der Waals surface area contributed by atoms with Gasteiger partial charge < -0.3 is 0 Å². The summed E-state index contributed by atoms with van der Waals surface area (Å²) in [6.07, 6.45) is 9.30. The minimum atomic E-state index is 0. The van der Waals surface area contributed by atoms with Crippen molar-refractivity contribution in [2.75, 3.05) is 0 Å². The molecule has 2 aromatic carbocycles. The van der Waals surface area contributed by atoms with Crippen LogP contribution in [0.2, 0.25) is 0 Å². The van der Waals surface area contributed by atoms with E-state index in [1.165, 1.54) is 22.3 Å². The third-order valence-electron chi connectivity index (χ3n) is 3.96. The quantitative estimate of drug-likeness (QED) is 0.727. The molecule has 0 spiro atoms. The van der Waals surface area contributed by atoms with Gasteiger partial charge in [0.05, 0.1) is 9.52 Å². The summed E-state index contributed by atoms with van der Waals surface area (Å²) in [5, 5.41) is 0. The van der Waals surface area contributed by atoms with E-state index in [-0.39, 0.29) is 29.6 Å². The van der Waals surface area contributed by atoms with Gasteiger partial charge in [-0.2, -0.15) is 0 Å². The fourth-order valence-corrected chi connectivity index (χ4v) is 4.67. The maximum Gasteiger partial charge on any atom is 1.00 e. The van der Waals surface area contributed by atoms with E-state index in [4.69, 9.17) is 0 Å².